The van der Waals surface area contributed by atoms with Crippen molar-refractivity contribution in [1.82, 2.24) is 0 Å². The summed E-state index contributed by atoms with van der Waals surface area (Å²) in [7, 11) is 0. The first-order valence-electron chi connectivity index (χ1n) is 6.52. The van der Waals surface area contributed by atoms with Crippen LogP contribution in [0.2, 0.25) is 0 Å². The maximum Gasteiger partial charge on any atom is -0.0352 e. The number of hydrogen-bond donors (Lipinski definition) is 0. The standard InChI is InChI=1S/C14H26/c1-8(2)11-6-13(11)10(5)14-7-12(14)9(3)4/h8-14H,6-7H2,1-5H3/t10?,11-,12?,13?,14-/m1/s1. The maximum atomic E-state index is 2.51. The fourth-order valence-electron chi connectivity index (χ4n) is 3.53. The molecule has 2 rings (SSSR count). The topological polar surface area (TPSA) is 0 Å². The third kappa shape index (κ3) is 1.85. The Morgan fingerprint density at radius 2 is 1.00 bits per heavy atom. The molecule has 14 heavy (non-hydrogen) atoms. The summed E-state index contributed by atoms with van der Waals surface area (Å²) in [6.45, 7) is 12.1. The van der Waals surface area contributed by atoms with Gasteiger partial charge in [0.25, 0.3) is 0 Å². The molecule has 0 saturated heterocycles. The highest BCUT2D eigenvalue weighted by Gasteiger charge is 2.51. The molecule has 0 N–H and O–H groups in total. The van der Waals surface area contributed by atoms with Crippen molar-refractivity contribution in [1.29, 1.82) is 0 Å². The third-order valence-corrected chi connectivity index (χ3v) is 4.85. The molecule has 0 amide bonds. The number of hydrogen-bond acceptors (Lipinski definition) is 0. The minimum absolute atomic E-state index is 0.929. The molecule has 0 heterocycles. The third-order valence-electron chi connectivity index (χ3n) is 4.85. The van der Waals surface area contributed by atoms with Crippen molar-refractivity contribution < 1.29 is 0 Å². The van der Waals surface area contributed by atoms with E-state index in [1.807, 2.05) is 0 Å². The van der Waals surface area contributed by atoms with Gasteiger partial charge in [0.05, 0.1) is 0 Å². The summed E-state index contributed by atoms with van der Waals surface area (Å²) in [6.07, 6.45) is 3.06. The van der Waals surface area contributed by atoms with Crippen molar-refractivity contribution in [2.24, 2.45) is 41.4 Å². The second-order valence-corrected chi connectivity index (χ2v) is 6.47. The molecule has 0 bridgehead atoms. The summed E-state index contributed by atoms with van der Waals surface area (Å²) in [5.74, 6) is 7.19. The van der Waals surface area contributed by atoms with Gasteiger partial charge in [-0.25, -0.2) is 0 Å². The molecule has 0 radical (unpaired) electrons. The monoisotopic (exact) mass is 194 g/mol. The van der Waals surface area contributed by atoms with Gasteiger partial charge in [-0.15, -0.1) is 0 Å². The lowest BCUT2D eigenvalue weighted by Gasteiger charge is -2.13. The van der Waals surface area contributed by atoms with Gasteiger partial charge < -0.3 is 0 Å². The molecule has 0 nitrogen and oxygen atoms in total. The van der Waals surface area contributed by atoms with Crippen LogP contribution in [0.1, 0.15) is 47.5 Å². The molecule has 2 aliphatic rings. The van der Waals surface area contributed by atoms with E-state index in [1.54, 1.807) is 0 Å². The van der Waals surface area contributed by atoms with E-state index < -0.39 is 0 Å². The van der Waals surface area contributed by atoms with Crippen LogP contribution in [-0.2, 0) is 0 Å². The van der Waals surface area contributed by atoms with E-state index in [-0.39, 0.29) is 0 Å². The smallest absolute Gasteiger partial charge is 0.0352 e. The molecule has 2 aliphatic carbocycles. The summed E-state index contributed by atoms with van der Waals surface area (Å²) >= 11 is 0. The van der Waals surface area contributed by atoms with E-state index in [4.69, 9.17) is 0 Å². The van der Waals surface area contributed by atoms with Gasteiger partial charge in [0.2, 0.25) is 0 Å². The Morgan fingerprint density at radius 1 is 0.643 bits per heavy atom. The van der Waals surface area contributed by atoms with Crippen molar-refractivity contribution >= 4 is 0 Å². The van der Waals surface area contributed by atoms with Gasteiger partial charge in [-0.3, -0.25) is 0 Å². The van der Waals surface area contributed by atoms with Crippen molar-refractivity contribution in [2.75, 3.05) is 0 Å². The fourth-order valence-corrected chi connectivity index (χ4v) is 3.53. The van der Waals surface area contributed by atoms with Gasteiger partial charge in [0.15, 0.2) is 0 Å². The van der Waals surface area contributed by atoms with Gasteiger partial charge in [0, 0.05) is 0 Å². The summed E-state index contributed by atoms with van der Waals surface area (Å²) in [6, 6.07) is 0. The lowest BCUT2D eigenvalue weighted by Crippen LogP contribution is -2.07. The van der Waals surface area contributed by atoms with Crippen LogP contribution in [0.5, 0.6) is 0 Å². The first-order valence-corrected chi connectivity index (χ1v) is 6.52. The van der Waals surface area contributed by atoms with Gasteiger partial charge in [-0.1, -0.05) is 34.6 Å². The molecule has 82 valence electrons. The fraction of sp³-hybridized carbons (Fsp3) is 1.00. The zero-order valence-electron chi connectivity index (χ0n) is 10.5. The highest BCUT2D eigenvalue weighted by Crippen LogP contribution is 2.59. The Morgan fingerprint density at radius 3 is 1.21 bits per heavy atom. The van der Waals surface area contributed by atoms with E-state index in [0.717, 1.165) is 41.4 Å². The zero-order chi connectivity index (χ0) is 10.5. The highest BCUT2D eigenvalue weighted by atomic mass is 14.6. The molecule has 3 unspecified atom stereocenters. The second-order valence-electron chi connectivity index (χ2n) is 6.47. The zero-order valence-corrected chi connectivity index (χ0v) is 10.5. The maximum absolute atomic E-state index is 2.51. The van der Waals surface area contributed by atoms with E-state index in [2.05, 4.69) is 34.6 Å². The lowest BCUT2D eigenvalue weighted by molar-refractivity contribution is 0.352. The Kier molecular flexibility index (Phi) is 2.66. The van der Waals surface area contributed by atoms with Crippen molar-refractivity contribution in [3.05, 3.63) is 0 Å². The van der Waals surface area contributed by atoms with Gasteiger partial charge in [0.1, 0.15) is 0 Å². The van der Waals surface area contributed by atoms with Gasteiger partial charge in [-0.2, -0.15) is 0 Å². The van der Waals surface area contributed by atoms with E-state index in [0.29, 0.717) is 0 Å². The van der Waals surface area contributed by atoms with Crippen LogP contribution in [0, 0.1) is 41.4 Å². The Bertz CT molecular complexity index is 182. The largest absolute Gasteiger partial charge is 0.0625 e. The van der Waals surface area contributed by atoms with E-state index >= 15 is 0 Å². The Hall–Kier alpha value is 0. The van der Waals surface area contributed by atoms with Gasteiger partial charge >= 0.3 is 0 Å². The second kappa shape index (κ2) is 3.54. The molecule has 0 aromatic carbocycles. The predicted molar refractivity (Wildman–Crippen MR) is 62.0 cm³/mol. The minimum atomic E-state index is 0.929. The lowest BCUT2D eigenvalue weighted by atomic mass is 9.92. The summed E-state index contributed by atoms with van der Waals surface area (Å²) < 4.78 is 0. The molecule has 2 fully saturated rings. The normalized spacial score (nSPS) is 43.1. The molecular formula is C14H26. The molecular weight excluding hydrogens is 168 g/mol. The van der Waals surface area contributed by atoms with Crippen LogP contribution in [0.3, 0.4) is 0 Å². The molecule has 0 aromatic rings. The first kappa shape index (κ1) is 10.5. The van der Waals surface area contributed by atoms with Crippen LogP contribution >= 0.6 is 0 Å². The van der Waals surface area contributed by atoms with Crippen LogP contribution in [0.15, 0.2) is 0 Å². The van der Waals surface area contributed by atoms with Crippen LogP contribution < -0.4 is 0 Å². The molecule has 0 spiro atoms. The van der Waals surface area contributed by atoms with Gasteiger partial charge in [-0.05, 0) is 54.3 Å². The molecule has 2 saturated carbocycles. The SMILES string of the molecule is CC(C)C1C[C@@H]1C(C)C1C[C@@H]1C(C)C. The molecule has 0 heteroatoms. The Labute approximate surface area is 89.5 Å². The van der Waals surface area contributed by atoms with Crippen LogP contribution in [0.25, 0.3) is 0 Å². The molecule has 5 atom stereocenters. The first-order chi connectivity index (χ1) is 6.52. The summed E-state index contributed by atoms with van der Waals surface area (Å²) in [5, 5.41) is 0. The summed E-state index contributed by atoms with van der Waals surface area (Å²) in [5.41, 5.74) is 0. The van der Waals surface area contributed by atoms with E-state index in [1.165, 1.54) is 12.8 Å². The average molecular weight is 194 g/mol. The van der Waals surface area contributed by atoms with Crippen molar-refractivity contribution in [3.8, 4) is 0 Å². The van der Waals surface area contributed by atoms with Crippen molar-refractivity contribution in [3.63, 3.8) is 0 Å². The Balaban J connectivity index is 1.79. The average Bonchev–Trinajstić information content (AvgIpc) is 2.98. The van der Waals surface area contributed by atoms with Crippen LogP contribution in [0.4, 0.5) is 0 Å². The minimum Gasteiger partial charge on any atom is -0.0625 e. The van der Waals surface area contributed by atoms with E-state index in [9.17, 15) is 0 Å². The van der Waals surface area contributed by atoms with Crippen molar-refractivity contribution in [2.45, 2.75) is 47.5 Å². The molecule has 0 aliphatic heterocycles. The van der Waals surface area contributed by atoms with Crippen LogP contribution in [-0.4, -0.2) is 0 Å². The highest BCUT2D eigenvalue weighted by molar-refractivity contribution is 5.00. The quantitative estimate of drug-likeness (QED) is 0.629. The number of rotatable bonds is 4. The molecule has 0 aromatic heterocycles. The predicted octanol–water partition coefficient (Wildman–Crippen LogP) is 4.21. The summed E-state index contributed by atoms with van der Waals surface area (Å²) in [4.78, 5) is 0.